The molecule has 0 spiro atoms. The number of para-hydroxylation sites is 1. The second-order valence-electron chi connectivity index (χ2n) is 5.37. The number of thiazole rings is 1. The van der Waals surface area contributed by atoms with Crippen molar-refractivity contribution in [1.29, 1.82) is 5.26 Å². The Morgan fingerprint density at radius 1 is 1.42 bits per heavy atom. The van der Waals surface area contributed by atoms with Crippen LogP contribution in [0.2, 0.25) is 0 Å². The van der Waals surface area contributed by atoms with E-state index in [4.69, 9.17) is 21.7 Å². The van der Waals surface area contributed by atoms with Gasteiger partial charge in [-0.3, -0.25) is 4.90 Å². The van der Waals surface area contributed by atoms with E-state index in [0.717, 1.165) is 19.9 Å². The number of hydrogen-bond donors (Lipinski definition) is 1. The minimum Gasteiger partial charge on any atom is -0.459 e. The number of ether oxygens (including phenoxy) is 2. The molecule has 1 aromatic carbocycles. The van der Waals surface area contributed by atoms with Gasteiger partial charge in [0, 0.05) is 4.47 Å². The highest BCUT2D eigenvalue weighted by molar-refractivity contribution is 9.10. The van der Waals surface area contributed by atoms with Crippen molar-refractivity contribution in [3.63, 3.8) is 0 Å². The van der Waals surface area contributed by atoms with Crippen LogP contribution in [0.4, 0.5) is 11.4 Å². The average molecular weight is 447 g/mol. The number of rotatable bonds is 3. The van der Waals surface area contributed by atoms with Crippen molar-refractivity contribution < 1.29 is 9.47 Å². The molecule has 4 rings (SSSR count). The maximum absolute atomic E-state index is 9.79. The molecule has 1 aliphatic rings. The Hall–Kier alpha value is -2.41. The minimum atomic E-state index is 0.114. The largest absolute Gasteiger partial charge is 0.459 e. The average Bonchev–Trinajstić information content (AvgIpc) is 3.26. The monoisotopic (exact) mass is 446 g/mol. The van der Waals surface area contributed by atoms with Crippen LogP contribution in [0.5, 0.6) is 0 Å². The van der Waals surface area contributed by atoms with Crippen molar-refractivity contribution in [2.24, 2.45) is 0 Å². The standard InChI is InChI=1S/C17H11BrN4O2S2/c1-9-20-16-15(26-9)14(10(6-19)17(25)21-16)22(13-7-23-8-24-13)12-5-3-2-4-11(12)18/h2-5,7H,8H2,1H3,(H,21,25). The smallest absolute Gasteiger partial charge is 0.237 e. The Bertz CT molecular complexity index is 1150. The quantitative estimate of drug-likeness (QED) is 0.554. The molecular weight excluding hydrogens is 436 g/mol. The normalized spacial score (nSPS) is 13.0. The second-order valence-corrected chi connectivity index (χ2v) is 7.84. The number of fused-ring (bicyclic) bond motifs is 1. The Labute approximate surface area is 166 Å². The molecule has 3 heterocycles. The molecule has 1 aliphatic heterocycles. The van der Waals surface area contributed by atoms with Crippen LogP contribution in [0.25, 0.3) is 10.3 Å². The number of anilines is 2. The van der Waals surface area contributed by atoms with E-state index in [1.807, 2.05) is 36.1 Å². The van der Waals surface area contributed by atoms with Crippen LogP contribution in [-0.4, -0.2) is 16.8 Å². The van der Waals surface area contributed by atoms with Gasteiger partial charge in [0.2, 0.25) is 12.7 Å². The van der Waals surface area contributed by atoms with Gasteiger partial charge in [-0.2, -0.15) is 5.26 Å². The predicted molar refractivity (Wildman–Crippen MR) is 106 cm³/mol. The van der Waals surface area contributed by atoms with Gasteiger partial charge in [0.25, 0.3) is 0 Å². The number of pyridine rings is 1. The van der Waals surface area contributed by atoms with Gasteiger partial charge >= 0.3 is 0 Å². The molecule has 0 amide bonds. The zero-order chi connectivity index (χ0) is 18.3. The summed E-state index contributed by atoms with van der Waals surface area (Å²) in [5.41, 5.74) is 2.42. The van der Waals surface area contributed by atoms with Crippen LogP contribution in [0.15, 0.2) is 40.9 Å². The zero-order valence-electron chi connectivity index (χ0n) is 13.4. The molecule has 0 unspecified atom stereocenters. The lowest BCUT2D eigenvalue weighted by atomic mass is 10.2. The molecule has 6 nitrogen and oxygen atoms in total. The number of nitriles is 1. The molecule has 0 aliphatic carbocycles. The number of benzene rings is 1. The van der Waals surface area contributed by atoms with Crippen LogP contribution in [0.3, 0.4) is 0 Å². The van der Waals surface area contributed by atoms with Crippen LogP contribution in [0.1, 0.15) is 10.6 Å². The van der Waals surface area contributed by atoms with Gasteiger partial charge in [0.1, 0.15) is 22.5 Å². The second kappa shape index (κ2) is 6.72. The first-order valence-electron chi connectivity index (χ1n) is 7.53. The number of hydrogen-bond acceptors (Lipinski definition) is 7. The summed E-state index contributed by atoms with van der Waals surface area (Å²) in [6.07, 6.45) is 1.53. The number of H-pyrrole nitrogens is 1. The Balaban J connectivity index is 2.11. The maximum Gasteiger partial charge on any atom is 0.237 e. The first kappa shape index (κ1) is 17.0. The van der Waals surface area contributed by atoms with Crippen molar-refractivity contribution in [3.05, 3.63) is 56.1 Å². The molecule has 1 N–H and O–H groups in total. The van der Waals surface area contributed by atoms with Crippen molar-refractivity contribution in [1.82, 2.24) is 9.97 Å². The first-order chi connectivity index (χ1) is 12.6. The van der Waals surface area contributed by atoms with Crippen LogP contribution in [-0.2, 0) is 9.47 Å². The molecule has 0 saturated heterocycles. The van der Waals surface area contributed by atoms with E-state index in [9.17, 15) is 5.26 Å². The maximum atomic E-state index is 9.79. The molecule has 130 valence electrons. The molecular formula is C17H11BrN4O2S2. The van der Waals surface area contributed by atoms with E-state index in [2.05, 4.69) is 32.0 Å². The van der Waals surface area contributed by atoms with Crippen molar-refractivity contribution in [2.75, 3.05) is 11.7 Å². The van der Waals surface area contributed by atoms with Crippen molar-refractivity contribution in [2.45, 2.75) is 6.92 Å². The first-order valence-corrected chi connectivity index (χ1v) is 9.54. The number of nitrogens with one attached hydrogen (secondary N) is 1. The number of aryl methyl sites for hydroxylation is 1. The predicted octanol–water partition coefficient (Wildman–Crippen LogP) is 5.24. The number of nitrogens with zero attached hydrogens (tertiary/aromatic N) is 3. The molecule has 0 bridgehead atoms. The van der Waals surface area contributed by atoms with Crippen molar-refractivity contribution >= 4 is 61.2 Å². The molecule has 0 fully saturated rings. The van der Waals surface area contributed by atoms with Gasteiger partial charge in [0.05, 0.1) is 21.1 Å². The van der Waals surface area contributed by atoms with E-state index >= 15 is 0 Å². The zero-order valence-corrected chi connectivity index (χ0v) is 16.7. The third-order valence-electron chi connectivity index (χ3n) is 3.75. The van der Waals surface area contributed by atoms with Gasteiger partial charge in [-0.15, -0.1) is 11.3 Å². The Morgan fingerprint density at radius 3 is 2.92 bits per heavy atom. The molecule has 3 aromatic rings. The highest BCUT2D eigenvalue weighted by Crippen LogP contribution is 2.43. The van der Waals surface area contributed by atoms with E-state index in [1.165, 1.54) is 17.6 Å². The van der Waals surface area contributed by atoms with E-state index in [1.54, 1.807) is 0 Å². The topological polar surface area (TPSA) is 74.2 Å². The SMILES string of the molecule is Cc1nc2[nH]c(=S)c(C#N)c(N(C3=COCO3)c3ccccc3Br)c2s1. The summed E-state index contributed by atoms with van der Waals surface area (Å²) in [5, 5.41) is 10.7. The molecule has 0 radical (unpaired) electrons. The number of aromatic nitrogens is 2. The summed E-state index contributed by atoms with van der Waals surface area (Å²) in [7, 11) is 0. The molecule has 0 atom stereocenters. The van der Waals surface area contributed by atoms with Crippen LogP contribution < -0.4 is 4.90 Å². The highest BCUT2D eigenvalue weighted by Gasteiger charge is 2.28. The third kappa shape index (κ3) is 2.76. The fourth-order valence-electron chi connectivity index (χ4n) is 2.71. The number of halogens is 1. The molecule has 2 aromatic heterocycles. The van der Waals surface area contributed by atoms with Crippen LogP contribution >= 0.6 is 39.5 Å². The molecule has 26 heavy (non-hydrogen) atoms. The number of aromatic amines is 1. The lowest BCUT2D eigenvalue weighted by Gasteiger charge is -2.26. The van der Waals surface area contributed by atoms with Gasteiger partial charge in [-0.25, -0.2) is 4.98 Å². The molecule has 9 heteroatoms. The van der Waals surface area contributed by atoms with Crippen LogP contribution in [0, 0.1) is 22.9 Å². The van der Waals surface area contributed by atoms with Gasteiger partial charge < -0.3 is 14.5 Å². The van der Waals surface area contributed by atoms with Gasteiger partial charge in [-0.1, -0.05) is 24.4 Å². The van der Waals surface area contributed by atoms with E-state index < -0.39 is 0 Å². The highest BCUT2D eigenvalue weighted by atomic mass is 79.9. The lowest BCUT2D eigenvalue weighted by Crippen LogP contribution is -2.19. The summed E-state index contributed by atoms with van der Waals surface area (Å²) in [4.78, 5) is 9.37. The fraction of sp³-hybridized carbons (Fsp3) is 0.118. The summed E-state index contributed by atoms with van der Waals surface area (Å²) < 4.78 is 12.9. The molecule has 0 saturated carbocycles. The minimum absolute atomic E-state index is 0.114. The fourth-order valence-corrected chi connectivity index (χ4v) is 4.33. The lowest BCUT2D eigenvalue weighted by molar-refractivity contribution is 0.0798. The summed E-state index contributed by atoms with van der Waals surface area (Å²) in [6, 6.07) is 9.89. The Morgan fingerprint density at radius 2 is 2.23 bits per heavy atom. The summed E-state index contributed by atoms with van der Waals surface area (Å²) >= 11 is 10.5. The summed E-state index contributed by atoms with van der Waals surface area (Å²) in [6.45, 7) is 2.03. The summed E-state index contributed by atoms with van der Waals surface area (Å²) in [5.74, 6) is 0.473. The van der Waals surface area contributed by atoms with E-state index in [-0.39, 0.29) is 6.79 Å². The Kier molecular flexibility index (Phi) is 4.40. The van der Waals surface area contributed by atoms with Crippen molar-refractivity contribution in [3.8, 4) is 6.07 Å². The van der Waals surface area contributed by atoms with E-state index in [0.29, 0.717) is 27.4 Å². The van der Waals surface area contributed by atoms with Gasteiger partial charge in [-0.05, 0) is 35.0 Å². The van der Waals surface area contributed by atoms with Gasteiger partial charge in [0.15, 0.2) is 5.65 Å². The third-order valence-corrected chi connectivity index (χ3v) is 5.71.